The summed E-state index contributed by atoms with van der Waals surface area (Å²) in [5, 5.41) is 7.79. The highest BCUT2D eigenvalue weighted by Crippen LogP contribution is 2.22. The number of nitrogens with one attached hydrogen (secondary N) is 2. The fourth-order valence-electron chi connectivity index (χ4n) is 2.30. The van der Waals surface area contributed by atoms with Gasteiger partial charge in [0.15, 0.2) is 0 Å². The molecule has 102 valence electrons. The standard InChI is InChI=1S/C15H15N3O2/c1-9-12(10(2)20-18-9)8-15(19)17-14-5-3-4-13-11(14)6-7-16-13/h3-7,16H,8H2,1-2H3,(H,17,19). The van der Waals surface area contributed by atoms with Crippen LogP contribution >= 0.6 is 0 Å². The molecule has 0 aliphatic heterocycles. The summed E-state index contributed by atoms with van der Waals surface area (Å²) >= 11 is 0. The van der Waals surface area contributed by atoms with Crippen LogP contribution in [0.4, 0.5) is 5.69 Å². The molecule has 0 saturated carbocycles. The zero-order valence-corrected chi connectivity index (χ0v) is 11.4. The van der Waals surface area contributed by atoms with E-state index in [9.17, 15) is 4.79 Å². The van der Waals surface area contributed by atoms with Gasteiger partial charge in [-0.2, -0.15) is 0 Å². The van der Waals surface area contributed by atoms with Gasteiger partial charge in [-0.05, 0) is 32.0 Å². The number of carbonyl (C=O) groups is 1. The molecule has 1 amide bonds. The molecule has 3 rings (SSSR count). The van der Waals surface area contributed by atoms with Gasteiger partial charge in [0.1, 0.15) is 5.76 Å². The number of H-pyrrole nitrogens is 1. The molecule has 0 saturated heterocycles. The predicted octanol–water partition coefficient (Wildman–Crippen LogP) is 2.95. The maximum atomic E-state index is 12.2. The van der Waals surface area contributed by atoms with Crippen molar-refractivity contribution in [1.29, 1.82) is 0 Å². The molecule has 0 bridgehead atoms. The van der Waals surface area contributed by atoms with E-state index in [1.54, 1.807) is 0 Å². The van der Waals surface area contributed by atoms with Crippen molar-refractivity contribution in [1.82, 2.24) is 10.1 Å². The number of aromatic amines is 1. The first-order valence-electron chi connectivity index (χ1n) is 6.43. The normalized spacial score (nSPS) is 10.9. The molecule has 5 heteroatoms. The van der Waals surface area contributed by atoms with Crippen LogP contribution in [0.2, 0.25) is 0 Å². The van der Waals surface area contributed by atoms with Gasteiger partial charge < -0.3 is 14.8 Å². The summed E-state index contributed by atoms with van der Waals surface area (Å²) in [6.45, 7) is 3.65. The first-order chi connectivity index (χ1) is 9.65. The molecule has 5 nitrogen and oxygen atoms in total. The summed E-state index contributed by atoms with van der Waals surface area (Å²) in [5.41, 5.74) is 3.42. The number of hydrogen-bond donors (Lipinski definition) is 2. The van der Waals surface area contributed by atoms with E-state index in [0.717, 1.165) is 27.8 Å². The highest BCUT2D eigenvalue weighted by Gasteiger charge is 2.14. The van der Waals surface area contributed by atoms with E-state index in [1.807, 2.05) is 44.3 Å². The Hall–Kier alpha value is -2.56. The van der Waals surface area contributed by atoms with Crippen molar-refractivity contribution in [3.05, 3.63) is 47.5 Å². The minimum absolute atomic E-state index is 0.0758. The average molecular weight is 269 g/mol. The van der Waals surface area contributed by atoms with Gasteiger partial charge in [0.2, 0.25) is 5.91 Å². The number of fused-ring (bicyclic) bond motifs is 1. The number of amides is 1. The van der Waals surface area contributed by atoms with Crippen LogP contribution in [-0.2, 0) is 11.2 Å². The first kappa shape index (κ1) is 12.5. The molecule has 0 radical (unpaired) electrons. The molecular formula is C15H15N3O2. The van der Waals surface area contributed by atoms with Crippen LogP contribution in [-0.4, -0.2) is 16.0 Å². The van der Waals surface area contributed by atoms with E-state index in [4.69, 9.17) is 4.52 Å². The van der Waals surface area contributed by atoms with E-state index >= 15 is 0 Å². The van der Waals surface area contributed by atoms with Crippen LogP contribution < -0.4 is 5.32 Å². The van der Waals surface area contributed by atoms with Gasteiger partial charge >= 0.3 is 0 Å². The van der Waals surface area contributed by atoms with Gasteiger partial charge in [-0.1, -0.05) is 11.2 Å². The molecule has 3 aromatic rings. The lowest BCUT2D eigenvalue weighted by Gasteiger charge is -2.06. The number of nitrogens with zero attached hydrogens (tertiary/aromatic N) is 1. The summed E-state index contributed by atoms with van der Waals surface area (Å²) in [6.07, 6.45) is 2.12. The molecule has 0 fully saturated rings. The number of anilines is 1. The van der Waals surface area contributed by atoms with Crippen molar-refractivity contribution < 1.29 is 9.32 Å². The molecule has 2 heterocycles. The monoisotopic (exact) mass is 269 g/mol. The molecule has 0 spiro atoms. The Morgan fingerprint density at radius 1 is 1.35 bits per heavy atom. The zero-order valence-electron chi connectivity index (χ0n) is 11.4. The van der Waals surface area contributed by atoms with E-state index in [0.29, 0.717) is 5.76 Å². The lowest BCUT2D eigenvalue weighted by Crippen LogP contribution is -2.15. The summed E-state index contributed by atoms with van der Waals surface area (Å²) in [4.78, 5) is 15.3. The lowest BCUT2D eigenvalue weighted by molar-refractivity contribution is -0.115. The number of carbonyl (C=O) groups excluding carboxylic acids is 1. The maximum Gasteiger partial charge on any atom is 0.229 e. The number of aryl methyl sites for hydroxylation is 2. The number of hydrogen-bond acceptors (Lipinski definition) is 3. The fourth-order valence-corrected chi connectivity index (χ4v) is 2.30. The Morgan fingerprint density at radius 2 is 2.20 bits per heavy atom. The summed E-state index contributed by atoms with van der Waals surface area (Å²) < 4.78 is 5.07. The van der Waals surface area contributed by atoms with Gasteiger partial charge in [-0.15, -0.1) is 0 Å². The highest BCUT2D eigenvalue weighted by atomic mass is 16.5. The molecular weight excluding hydrogens is 254 g/mol. The van der Waals surface area contributed by atoms with Crippen LogP contribution in [0.15, 0.2) is 35.0 Å². The number of benzene rings is 1. The molecule has 1 aromatic carbocycles. The minimum Gasteiger partial charge on any atom is -0.361 e. The van der Waals surface area contributed by atoms with Crippen LogP contribution in [0.3, 0.4) is 0 Å². The predicted molar refractivity (Wildman–Crippen MR) is 76.6 cm³/mol. The Labute approximate surface area is 116 Å². The van der Waals surface area contributed by atoms with Crippen LogP contribution in [0, 0.1) is 13.8 Å². The van der Waals surface area contributed by atoms with Crippen LogP contribution in [0.5, 0.6) is 0 Å². The largest absolute Gasteiger partial charge is 0.361 e. The lowest BCUT2D eigenvalue weighted by atomic mass is 10.1. The second-order valence-corrected chi connectivity index (χ2v) is 4.77. The van der Waals surface area contributed by atoms with E-state index in [1.165, 1.54) is 0 Å². The average Bonchev–Trinajstić information content (AvgIpc) is 3.01. The van der Waals surface area contributed by atoms with Crippen molar-refractivity contribution in [2.45, 2.75) is 20.3 Å². The third-order valence-electron chi connectivity index (χ3n) is 3.39. The Morgan fingerprint density at radius 3 is 2.95 bits per heavy atom. The highest BCUT2D eigenvalue weighted by molar-refractivity contribution is 6.01. The number of rotatable bonds is 3. The maximum absolute atomic E-state index is 12.2. The molecule has 2 aromatic heterocycles. The molecule has 0 atom stereocenters. The van der Waals surface area contributed by atoms with Crippen LogP contribution in [0.1, 0.15) is 17.0 Å². The molecule has 0 aliphatic rings. The van der Waals surface area contributed by atoms with Crippen molar-refractivity contribution >= 4 is 22.5 Å². The van der Waals surface area contributed by atoms with Crippen molar-refractivity contribution in [3.63, 3.8) is 0 Å². The van der Waals surface area contributed by atoms with E-state index in [2.05, 4.69) is 15.5 Å². The quantitative estimate of drug-likeness (QED) is 0.768. The van der Waals surface area contributed by atoms with Gasteiger partial charge in [0.05, 0.1) is 17.8 Å². The number of aromatic nitrogens is 2. The minimum atomic E-state index is -0.0758. The molecule has 20 heavy (non-hydrogen) atoms. The molecule has 0 aliphatic carbocycles. The Bertz CT molecular complexity index is 751. The van der Waals surface area contributed by atoms with Crippen molar-refractivity contribution in [2.75, 3.05) is 5.32 Å². The molecule has 2 N–H and O–H groups in total. The summed E-state index contributed by atoms with van der Waals surface area (Å²) in [6, 6.07) is 7.71. The van der Waals surface area contributed by atoms with E-state index < -0.39 is 0 Å². The molecule has 0 unspecified atom stereocenters. The van der Waals surface area contributed by atoms with Crippen molar-refractivity contribution in [3.8, 4) is 0 Å². The van der Waals surface area contributed by atoms with Gasteiger partial charge in [-0.3, -0.25) is 4.79 Å². The van der Waals surface area contributed by atoms with Gasteiger partial charge in [0.25, 0.3) is 0 Å². The smallest absolute Gasteiger partial charge is 0.229 e. The first-order valence-corrected chi connectivity index (χ1v) is 6.43. The second kappa shape index (κ2) is 4.85. The summed E-state index contributed by atoms with van der Waals surface area (Å²) in [7, 11) is 0. The van der Waals surface area contributed by atoms with Crippen molar-refractivity contribution in [2.24, 2.45) is 0 Å². The third kappa shape index (κ3) is 2.18. The topological polar surface area (TPSA) is 70.9 Å². The Balaban J connectivity index is 1.81. The Kier molecular flexibility index (Phi) is 3.02. The van der Waals surface area contributed by atoms with Gasteiger partial charge in [0, 0.05) is 22.7 Å². The second-order valence-electron chi connectivity index (χ2n) is 4.77. The van der Waals surface area contributed by atoms with E-state index in [-0.39, 0.29) is 12.3 Å². The third-order valence-corrected chi connectivity index (χ3v) is 3.39. The van der Waals surface area contributed by atoms with Gasteiger partial charge in [-0.25, -0.2) is 0 Å². The SMILES string of the molecule is Cc1noc(C)c1CC(=O)Nc1cccc2[nH]ccc12. The van der Waals surface area contributed by atoms with Crippen LogP contribution in [0.25, 0.3) is 10.9 Å². The summed E-state index contributed by atoms with van der Waals surface area (Å²) in [5.74, 6) is 0.616. The fraction of sp³-hybridized carbons (Fsp3) is 0.200. The zero-order chi connectivity index (χ0) is 14.1.